The van der Waals surface area contributed by atoms with E-state index in [4.69, 9.17) is 28.9 Å². The van der Waals surface area contributed by atoms with E-state index < -0.39 is 27.9 Å². The fourth-order valence-corrected chi connectivity index (χ4v) is 5.65. The highest BCUT2D eigenvalue weighted by atomic mass is 35.5. The molecule has 8 nitrogen and oxygen atoms in total. The van der Waals surface area contributed by atoms with E-state index in [0.717, 1.165) is 30.0 Å². The van der Waals surface area contributed by atoms with Crippen molar-refractivity contribution in [3.05, 3.63) is 40.6 Å². The van der Waals surface area contributed by atoms with Crippen LogP contribution in [0.1, 0.15) is 32.1 Å². The average molecular weight is 461 g/mol. The highest BCUT2D eigenvalue weighted by Crippen LogP contribution is 2.32. The first-order valence-corrected chi connectivity index (χ1v) is 11.4. The van der Waals surface area contributed by atoms with E-state index in [9.17, 15) is 18.0 Å². The maximum Gasteiger partial charge on any atom is 0.266 e. The van der Waals surface area contributed by atoms with Crippen LogP contribution < -0.4 is 16.4 Å². The average Bonchev–Trinajstić information content (AvgIpc) is 2.67. The fraction of sp³-hybridized carbons (Fsp3) is 0.444. The molecule has 0 saturated heterocycles. The van der Waals surface area contributed by atoms with Gasteiger partial charge in [0.15, 0.2) is 0 Å². The predicted molar refractivity (Wildman–Crippen MR) is 110 cm³/mol. The van der Waals surface area contributed by atoms with E-state index in [1.54, 1.807) is 0 Å². The number of hydrogen-bond donors (Lipinski definition) is 3. The number of nitrogens with two attached hydrogens (primary N) is 1. The van der Waals surface area contributed by atoms with Gasteiger partial charge in [0.2, 0.25) is 11.8 Å². The Kier molecular flexibility index (Phi) is 6.72. The largest absolute Gasteiger partial charge is 0.353 e. The van der Waals surface area contributed by atoms with Crippen LogP contribution in [0.3, 0.4) is 0 Å². The van der Waals surface area contributed by atoms with Gasteiger partial charge in [0, 0.05) is 24.5 Å². The van der Waals surface area contributed by atoms with Crippen LogP contribution >= 0.6 is 23.2 Å². The lowest BCUT2D eigenvalue weighted by molar-refractivity contribution is -0.129. The second-order valence-electron chi connectivity index (χ2n) is 7.11. The van der Waals surface area contributed by atoms with Gasteiger partial charge in [-0.05, 0) is 37.8 Å². The van der Waals surface area contributed by atoms with Crippen LogP contribution in [0.25, 0.3) is 0 Å². The molecule has 0 aromatic heterocycles. The Morgan fingerprint density at radius 2 is 1.93 bits per heavy atom. The number of nitrogens with one attached hydrogen (secondary N) is 2. The zero-order valence-electron chi connectivity index (χ0n) is 15.5. The number of nitrogens with zero attached hydrogens (tertiary/aromatic N) is 1. The Balaban J connectivity index is 1.79. The first kappa shape index (κ1) is 21.9. The molecule has 2 amide bonds. The molecule has 1 aliphatic heterocycles. The summed E-state index contributed by atoms with van der Waals surface area (Å²) in [5.41, 5.74) is 5.87. The van der Waals surface area contributed by atoms with E-state index in [-0.39, 0.29) is 33.4 Å². The van der Waals surface area contributed by atoms with Crippen molar-refractivity contribution in [2.45, 2.75) is 55.1 Å². The first-order chi connectivity index (χ1) is 13.7. The Hall–Kier alpha value is -1.81. The molecule has 1 heterocycles. The van der Waals surface area contributed by atoms with E-state index in [2.05, 4.69) is 10.6 Å². The molecule has 4 N–H and O–H groups in total. The minimum Gasteiger partial charge on any atom is -0.353 e. The summed E-state index contributed by atoms with van der Waals surface area (Å²) in [5.74, 6) is -1.01. The van der Waals surface area contributed by atoms with Crippen LogP contribution in [0.15, 0.2) is 35.5 Å². The van der Waals surface area contributed by atoms with Crippen molar-refractivity contribution in [3.8, 4) is 0 Å². The van der Waals surface area contributed by atoms with Gasteiger partial charge >= 0.3 is 0 Å². The Morgan fingerprint density at radius 1 is 1.24 bits per heavy atom. The standard InChI is InChI=1S/C18H22Cl2N4O4S/c19-13-2-1-3-15(17(13)20)29(27,28)24-9-8-22-18(26)14(24)10-16(25)23-12-6-4-11(21)5-7-12/h1-3,8-9,11-12,14H,4-7,10,21H2,(H,22,26)(H,23,25)/t11?,12?,14-/m1/s1. The van der Waals surface area contributed by atoms with Gasteiger partial charge in [-0.25, -0.2) is 8.42 Å². The van der Waals surface area contributed by atoms with Gasteiger partial charge in [-0.1, -0.05) is 29.3 Å². The van der Waals surface area contributed by atoms with Gasteiger partial charge in [0.05, 0.1) is 16.5 Å². The van der Waals surface area contributed by atoms with Crippen LogP contribution in [-0.4, -0.2) is 42.7 Å². The van der Waals surface area contributed by atoms with Gasteiger partial charge in [-0.2, -0.15) is 0 Å². The van der Waals surface area contributed by atoms with Crippen LogP contribution in [0.2, 0.25) is 10.0 Å². The predicted octanol–water partition coefficient (Wildman–Crippen LogP) is 1.73. The van der Waals surface area contributed by atoms with Gasteiger partial charge in [0.1, 0.15) is 10.9 Å². The van der Waals surface area contributed by atoms with Gasteiger partial charge in [-0.3, -0.25) is 13.9 Å². The second kappa shape index (κ2) is 8.91. The lowest BCUT2D eigenvalue weighted by Gasteiger charge is -2.32. The molecule has 29 heavy (non-hydrogen) atoms. The smallest absolute Gasteiger partial charge is 0.266 e. The van der Waals surface area contributed by atoms with Crippen LogP contribution in [0.5, 0.6) is 0 Å². The minimum atomic E-state index is -4.21. The van der Waals surface area contributed by atoms with Gasteiger partial charge in [-0.15, -0.1) is 0 Å². The molecule has 1 atom stereocenters. The fourth-order valence-electron chi connectivity index (χ4n) is 3.46. The quantitative estimate of drug-likeness (QED) is 0.617. The van der Waals surface area contributed by atoms with Crippen molar-refractivity contribution >= 4 is 45.0 Å². The van der Waals surface area contributed by atoms with Crippen molar-refractivity contribution < 1.29 is 18.0 Å². The maximum atomic E-state index is 13.1. The monoisotopic (exact) mass is 460 g/mol. The summed E-state index contributed by atoms with van der Waals surface area (Å²) >= 11 is 12.0. The van der Waals surface area contributed by atoms with Crippen molar-refractivity contribution in [1.82, 2.24) is 14.9 Å². The molecule has 1 aromatic carbocycles. The number of rotatable bonds is 5. The molecular formula is C18H22Cl2N4O4S. The van der Waals surface area contributed by atoms with E-state index in [1.807, 2.05) is 0 Å². The molecule has 158 valence electrons. The molecule has 1 aromatic rings. The molecule has 11 heteroatoms. The van der Waals surface area contributed by atoms with E-state index >= 15 is 0 Å². The third kappa shape index (κ3) is 4.85. The normalized spacial score (nSPS) is 24.9. The molecule has 2 aliphatic rings. The van der Waals surface area contributed by atoms with Crippen molar-refractivity contribution in [2.24, 2.45) is 5.73 Å². The SMILES string of the molecule is NC1CCC(NC(=O)C[C@@H]2C(=O)NC=CN2S(=O)(=O)c2cccc(Cl)c2Cl)CC1. The maximum absolute atomic E-state index is 13.1. The summed E-state index contributed by atoms with van der Waals surface area (Å²) in [6.07, 6.45) is 5.21. The summed E-state index contributed by atoms with van der Waals surface area (Å²) < 4.78 is 27.1. The number of hydrogen-bond acceptors (Lipinski definition) is 5. The van der Waals surface area contributed by atoms with Crippen LogP contribution in [0.4, 0.5) is 0 Å². The summed E-state index contributed by atoms with van der Waals surface area (Å²) in [6.45, 7) is 0. The summed E-state index contributed by atoms with van der Waals surface area (Å²) in [5, 5.41) is 5.25. The molecule has 0 bridgehead atoms. The number of benzene rings is 1. The third-order valence-electron chi connectivity index (χ3n) is 5.04. The second-order valence-corrected chi connectivity index (χ2v) is 9.71. The number of carbonyl (C=O) groups is 2. The molecule has 1 aliphatic carbocycles. The van der Waals surface area contributed by atoms with Crippen molar-refractivity contribution in [1.29, 1.82) is 0 Å². The lowest BCUT2D eigenvalue weighted by atomic mass is 9.91. The van der Waals surface area contributed by atoms with E-state index in [0.29, 0.717) is 0 Å². The van der Waals surface area contributed by atoms with E-state index in [1.165, 1.54) is 30.6 Å². The highest BCUT2D eigenvalue weighted by molar-refractivity contribution is 7.89. The Bertz CT molecular complexity index is 930. The molecule has 0 radical (unpaired) electrons. The number of sulfonamides is 1. The van der Waals surface area contributed by atoms with Gasteiger partial charge < -0.3 is 16.4 Å². The topological polar surface area (TPSA) is 122 Å². The molecule has 0 unspecified atom stereocenters. The number of carbonyl (C=O) groups excluding carboxylic acids is 2. The third-order valence-corrected chi connectivity index (χ3v) is 7.80. The van der Waals surface area contributed by atoms with Crippen LogP contribution in [-0.2, 0) is 19.6 Å². The minimum absolute atomic E-state index is 0.0306. The van der Waals surface area contributed by atoms with Crippen LogP contribution in [0, 0.1) is 0 Å². The summed E-state index contributed by atoms with van der Waals surface area (Å²) in [4.78, 5) is 24.7. The Morgan fingerprint density at radius 3 is 2.62 bits per heavy atom. The first-order valence-electron chi connectivity index (χ1n) is 9.19. The molecular weight excluding hydrogens is 439 g/mol. The summed E-state index contributed by atoms with van der Waals surface area (Å²) in [6, 6.07) is 3.07. The zero-order chi connectivity index (χ0) is 21.2. The zero-order valence-corrected chi connectivity index (χ0v) is 17.8. The van der Waals surface area contributed by atoms with Crippen molar-refractivity contribution in [2.75, 3.05) is 0 Å². The Labute approximate surface area is 179 Å². The lowest BCUT2D eigenvalue weighted by Crippen LogP contribution is -2.52. The molecule has 0 spiro atoms. The number of halogens is 2. The molecule has 1 fully saturated rings. The molecule has 1 saturated carbocycles. The molecule has 3 rings (SSSR count). The summed E-state index contributed by atoms with van der Waals surface area (Å²) in [7, 11) is -4.21. The number of amides is 2. The highest BCUT2D eigenvalue weighted by Gasteiger charge is 2.38. The van der Waals surface area contributed by atoms with Gasteiger partial charge in [0.25, 0.3) is 10.0 Å². The van der Waals surface area contributed by atoms with Crippen molar-refractivity contribution in [3.63, 3.8) is 0 Å².